The molecule has 146 valence electrons. The van der Waals surface area contributed by atoms with E-state index in [1.807, 2.05) is 26.0 Å². The van der Waals surface area contributed by atoms with Crippen LogP contribution in [0.1, 0.15) is 23.9 Å². The molecule has 3 rings (SSSR count). The van der Waals surface area contributed by atoms with Crippen LogP contribution in [0.5, 0.6) is 0 Å². The van der Waals surface area contributed by atoms with Gasteiger partial charge < -0.3 is 9.42 Å². The molecule has 1 unspecified atom stereocenters. The lowest BCUT2D eigenvalue weighted by Gasteiger charge is -2.38. The van der Waals surface area contributed by atoms with E-state index in [2.05, 4.69) is 15.0 Å². The van der Waals surface area contributed by atoms with Crippen LogP contribution in [0.2, 0.25) is 0 Å². The highest BCUT2D eigenvalue weighted by atomic mass is 19.1. The maximum absolute atomic E-state index is 13.3. The van der Waals surface area contributed by atoms with E-state index in [1.165, 1.54) is 12.1 Å². The Labute approximate surface area is 159 Å². The molecule has 1 aliphatic rings. The minimum atomic E-state index is -0.278. The highest BCUT2D eigenvalue weighted by Crippen LogP contribution is 2.14. The molecule has 27 heavy (non-hydrogen) atoms. The van der Waals surface area contributed by atoms with Crippen molar-refractivity contribution in [2.75, 3.05) is 33.2 Å². The molecule has 0 aliphatic carbocycles. The molecule has 0 bridgehead atoms. The number of carbonyl (C=O) groups is 1. The molecule has 6 nitrogen and oxygen atoms in total. The monoisotopic (exact) mass is 374 g/mol. The van der Waals surface area contributed by atoms with Crippen LogP contribution in [0.15, 0.2) is 34.9 Å². The Morgan fingerprint density at radius 1 is 1.30 bits per heavy atom. The van der Waals surface area contributed by atoms with Crippen molar-refractivity contribution < 1.29 is 13.7 Å². The molecule has 1 atom stereocenters. The lowest BCUT2D eigenvalue weighted by molar-refractivity contribution is -0.136. The summed E-state index contributed by atoms with van der Waals surface area (Å²) in [6.45, 7) is 8.43. The SMILES string of the molecule is Cc1cc(CN2CCN(C(C)C(=O)N(C)Cc3cccc(F)c3)CC2)on1. The summed E-state index contributed by atoms with van der Waals surface area (Å²) >= 11 is 0. The molecule has 2 aromatic rings. The van der Waals surface area contributed by atoms with E-state index >= 15 is 0 Å². The summed E-state index contributed by atoms with van der Waals surface area (Å²) < 4.78 is 18.6. The minimum Gasteiger partial charge on any atom is -0.360 e. The van der Waals surface area contributed by atoms with Crippen LogP contribution in [0.4, 0.5) is 4.39 Å². The molecule has 1 aromatic heterocycles. The lowest BCUT2D eigenvalue weighted by atomic mass is 10.1. The second-order valence-electron chi connectivity index (χ2n) is 7.25. The fourth-order valence-electron chi connectivity index (χ4n) is 3.48. The molecule has 1 aromatic carbocycles. The van der Waals surface area contributed by atoms with Gasteiger partial charge in [0, 0.05) is 45.8 Å². The van der Waals surface area contributed by atoms with Crippen molar-refractivity contribution >= 4 is 5.91 Å². The number of likely N-dealkylation sites (N-methyl/N-ethyl adjacent to an activating group) is 1. The summed E-state index contributed by atoms with van der Waals surface area (Å²) in [4.78, 5) is 18.9. The van der Waals surface area contributed by atoms with Gasteiger partial charge >= 0.3 is 0 Å². The quantitative estimate of drug-likeness (QED) is 0.777. The number of hydrogen-bond donors (Lipinski definition) is 0. The molecule has 0 radical (unpaired) electrons. The van der Waals surface area contributed by atoms with Gasteiger partial charge in [-0.2, -0.15) is 0 Å². The number of hydrogen-bond acceptors (Lipinski definition) is 5. The Morgan fingerprint density at radius 3 is 2.67 bits per heavy atom. The Morgan fingerprint density at radius 2 is 2.04 bits per heavy atom. The average molecular weight is 374 g/mol. The fourth-order valence-corrected chi connectivity index (χ4v) is 3.48. The van der Waals surface area contributed by atoms with Crippen LogP contribution in [-0.2, 0) is 17.9 Å². The van der Waals surface area contributed by atoms with Crippen molar-refractivity contribution in [1.29, 1.82) is 0 Å². The number of nitrogens with zero attached hydrogens (tertiary/aromatic N) is 4. The second kappa shape index (κ2) is 8.63. The molecule has 0 N–H and O–H groups in total. The van der Waals surface area contributed by atoms with Crippen molar-refractivity contribution in [3.8, 4) is 0 Å². The van der Waals surface area contributed by atoms with E-state index in [-0.39, 0.29) is 17.8 Å². The van der Waals surface area contributed by atoms with Crippen LogP contribution < -0.4 is 0 Å². The molecular weight excluding hydrogens is 347 g/mol. The van der Waals surface area contributed by atoms with E-state index in [1.54, 1.807) is 18.0 Å². The van der Waals surface area contributed by atoms with Gasteiger partial charge in [-0.1, -0.05) is 17.3 Å². The summed E-state index contributed by atoms with van der Waals surface area (Å²) in [5.41, 5.74) is 1.69. The van der Waals surface area contributed by atoms with Crippen molar-refractivity contribution in [2.24, 2.45) is 0 Å². The summed E-state index contributed by atoms with van der Waals surface area (Å²) in [6.07, 6.45) is 0. The fraction of sp³-hybridized carbons (Fsp3) is 0.500. The molecule has 1 aliphatic heterocycles. The maximum Gasteiger partial charge on any atom is 0.239 e. The third-order valence-electron chi connectivity index (χ3n) is 5.05. The number of benzene rings is 1. The van der Waals surface area contributed by atoms with Crippen molar-refractivity contribution in [1.82, 2.24) is 19.9 Å². The van der Waals surface area contributed by atoms with Crippen molar-refractivity contribution in [3.05, 3.63) is 53.2 Å². The summed E-state index contributed by atoms with van der Waals surface area (Å²) in [6, 6.07) is 8.15. The highest BCUT2D eigenvalue weighted by molar-refractivity contribution is 5.81. The largest absolute Gasteiger partial charge is 0.360 e. The van der Waals surface area contributed by atoms with Crippen LogP contribution in [0, 0.1) is 12.7 Å². The van der Waals surface area contributed by atoms with Gasteiger partial charge in [0.2, 0.25) is 5.91 Å². The molecule has 0 saturated carbocycles. The molecular formula is C20H27FN4O2. The Bertz CT molecular complexity index is 771. The normalized spacial score (nSPS) is 17.0. The van der Waals surface area contributed by atoms with Gasteiger partial charge in [0.1, 0.15) is 5.82 Å². The Kier molecular flexibility index (Phi) is 6.23. The molecule has 7 heteroatoms. The van der Waals surface area contributed by atoms with E-state index < -0.39 is 0 Å². The van der Waals surface area contributed by atoms with Crippen LogP contribution in [0.3, 0.4) is 0 Å². The molecule has 1 amide bonds. The first-order valence-corrected chi connectivity index (χ1v) is 9.30. The standard InChI is InChI=1S/C20H27FN4O2/c1-15-11-19(27-22-15)14-24-7-9-25(10-8-24)16(2)20(26)23(3)13-17-5-4-6-18(21)12-17/h4-6,11-12,16H,7-10,13-14H2,1-3H3. The zero-order valence-corrected chi connectivity index (χ0v) is 16.2. The summed E-state index contributed by atoms with van der Waals surface area (Å²) in [5.74, 6) is 0.651. The molecule has 2 heterocycles. The van der Waals surface area contributed by atoms with E-state index in [0.29, 0.717) is 6.54 Å². The van der Waals surface area contributed by atoms with Crippen LogP contribution in [0.25, 0.3) is 0 Å². The number of halogens is 1. The van der Waals surface area contributed by atoms with E-state index in [0.717, 1.165) is 49.7 Å². The van der Waals surface area contributed by atoms with Gasteiger partial charge in [0.15, 0.2) is 5.76 Å². The second-order valence-corrected chi connectivity index (χ2v) is 7.25. The van der Waals surface area contributed by atoms with E-state index in [4.69, 9.17) is 4.52 Å². The number of piperazine rings is 1. The number of rotatable bonds is 6. The highest BCUT2D eigenvalue weighted by Gasteiger charge is 2.27. The Balaban J connectivity index is 1.49. The van der Waals surface area contributed by atoms with E-state index in [9.17, 15) is 9.18 Å². The van der Waals surface area contributed by atoms with Gasteiger partial charge in [0.05, 0.1) is 18.3 Å². The average Bonchev–Trinajstić information content (AvgIpc) is 3.06. The van der Waals surface area contributed by atoms with Gasteiger partial charge in [-0.15, -0.1) is 0 Å². The zero-order chi connectivity index (χ0) is 19.4. The van der Waals surface area contributed by atoms with Gasteiger partial charge in [0.25, 0.3) is 0 Å². The number of amides is 1. The van der Waals surface area contributed by atoms with Gasteiger partial charge in [-0.25, -0.2) is 4.39 Å². The number of carbonyl (C=O) groups excluding carboxylic acids is 1. The number of aromatic nitrogens is 1. The first-order chi connectivity index (χ1) is 12.9. The van der Waals surface area contributed by atoms with Crippen LogP contribution >= 0.6 is 0 Å². The molecule has 1 fully saturated rings. The summed E-state index contributed by atoms with van der Waals surface area (Å²) in [7, 11) is 1.77. The van der Waals surface area contributed by atoms with Crippen LogP contribution in [-0.4, -0.2) is 65.0 Å². The number of aryl methyl sites for hydroxylation is 1. The molecule has 0 spiro atoms. The predicted octanol–water partition coefficient (Wildman–Crippen LogP) is 2.29. The lowest BCUT2D eigenvalue weighted by Crippen LogP contribution is -2.53. The minimum absolute atomic E-state index is 0.0542. The summed E-state index contributed by atoms with van der Waals surface area (Å²) in [5, 5.41) is 3.92. The first kappa shape index (κ1) is 19.5. The van der Waals surface area contributed by atoms with Gasteiger partial charge in [-0.05, 0) is 31.5 Å². The first-order valence-electron chi connectivity index (χ1n) is 9.30. The molecule has 1 saturated heterocycles. The maximum atomic E-state index is 13.3. The van der Waals surface area contributed by atoms with Crippen molar-refractivity contribution in [2.45, 2.75) is 33.0 Å². The van der Waals surface area contributed by atoms with Gasteiger partial charge in [-0.3, -0.25) is 14.6 Å². The predicted molar refractivity (Wildman–Crippen MR) is 100 cm³/mol. The third-order valence-corrected chi connectivity index (χ3v) is 5.05. The zero-order valence-electron chi connectivity index (χ0n) is 16.2. The topological polar surface area (TPSA) is 52.8 Å². The third kappa shape index (κ3) is 5.14. The Hall–Kier alpha value is -2.25. The smallest absolute Gasteiger partial charge is 0.239 e. The van der Waals surface area contributed by atoms with Crippen molar-refractivity contribution in [3.63, 3.8) is 0 Å².